The zero-order valence-electron chi connectivity index (χ0n) is 12.1. The minimum absolute atomic E-state index is 0.121. The summed E-state index contributed by atoms with van der Waals surface area (Å²) in [7, 11) is 0. The van der Waals surface area contributed by atoms with Crippen molar-refractivity contribution in [2.45, 2.75) is 51.7 Å². The normalized spacial score (nSPS) is 15.6. The van der Waals surface area contributed by atoms with E-state index in [-0.39, 0.29) is 11.4 Å². The second-order valence-electron chi connectivity index (χ2n) is 6.42. The smallest absolute Gasteiger partial charge is 0.234 e. The summed E-state index contributed by atoms with van der Waals surface area (Å²) in [5, 5.41) is 3.04. The highest BCUT2D eigenvalue weighted by molar-refractivity contribution is 5.78. The van der Waals surface area contributed by atoms with Crippen LogP contribution >= 0.6 is 0 Å². The third-order valence-electron chi connectivity index (χ3n) is 3.15. The van der Waals surface area contributed by atoms with Gasteiger partial charge in [-0.1, -0.05) is 30.3 Å². The maximum atomic E-state index is 12.0. The number of carbonyl (C=O) groups excluding carboxylic acids is 1. The minimum atomic E-state index is -0.154. The molecule has 0 unspecified atom stereocenters. The summed E-state index contributed by atoms with van der Waals surface area (Å²) in [6.45, 7) is 7.41. The molecule has 19 heavy (non-hydrogen) atoms. The van der Waals surface area contributed by atoms with Crippen molar-refractivity contribution in [3.63, 3.8) is 0 Å². The highest BCUT2D eigenvalue weighted by Crippen LogP contribution is 2.28. The van der Waals surface area contributed by atoms with Crippen LogP contribution in [0, 0.1) is 0 Å². The van der Waals surface area contributed by atoms with Crippen LogP contribution in [0.2, 0.25) is 0 Å². The number of nitrogens with one attached hydrogen (secondary N) is 1. The van der Waals surface area contributed by atoms with Gasteiger partial charge in [-0.2, -0.15) is 0 Å². The number of nitrogens with zero attached hydrogens (tertiary/aromatic N) is 1. The van der Waals surface area contributed by atoms with E-state index in [2.05, 4.69) is 34.5 Å². The summed E-state index contributed by atoms with van der Waals surface area (Å²) in [5.41, 5.74) is 1.12. The number of rotatable bonds is 5. The van der Waals surface area contributed by atoms with Crippen molar-refractivity contribution < 1.29 is 4.79 Å². The molecular formula is C16H24N2O. The molecule has 0 heterocycles. The summed E-state index contributed by atoms with van der Waals surface area (Å²) in [4.78, 5) is 14.3. The first kappa shape index (κ1) is 14.1. The van der Waals surface area contributed by atoms with Crippen LogP contribution in [0.25, 0.3) is 0 Å². The van der Waals surface area contributed by atoms with E-state index in [9.17, 15) is 4.79 Å². The average molecular weight is 260 g/mol. The van der Waals surface area contributed by atoms with E-state index in [1.165, 1.54) is 18.4 Å². The molecule has 1 amide bonds. The summed E-state index contributed by atoms with van der Waals surface area (Å²) in [5.74, 6) is 0.121. The molecule has 0 radical (unpaired) electrons. The van der Waals surface area contributed by atoms with Crippen LogP contribution in [0.4, 0.5) is 0 Å². The van der Waals surface area contributed by atoms with Crippen molar-refractivity contribution in [1.29, 1.82) is 0 Å². The van der Waals surface area contributed by atoms with E-state index in [1.54, 1.807) is 0 Å². The number of hydrogen-bond acceptors (Lipinski definition) is 2. The molecule has 2 rings (SSSR count). The second kappa shape index (κ2) is 5.74. The Morgan fingerprint density at radius 2 is 1.89 bits per heavy atom. The zero-order chi connectivity index (χ0) is 13.9. The molecule has 0 saturated heterocycles. The molecule has 0 aromatic heterocycles. The van der Waals surface area contributed by atoms with Gasteiger partial charge in [0.25, 0.3) is 0 Å². The largest absolute Gasteiger partial charge is 0.350 e. The molecule has 0 bridgehead atoms. The van der Waals surface area contributed by atoms with Crippen molar-refractivity contribution in [3.8, 4) is 0 Å². The molecule has 0 atom stereocenters. The first-order valence-corrected chi connectivity index (χ1v) is 7.03. The SMILES string of the molecule is CC(C)(C)NC(=O)CN(Cc1ccccc1)C1CC1. The Balaban J connectivity index is 1.92. The molecule has 0 aliphatic heterocycles. The van der Waals surface area contributed by atoms with Gasteiger partial charge in [-0.15, -0.1) is 0 Å². The van der Waals surface area contributed by atoms with Gasteiger partial charge in [0, 0.05) is 18.1 Å². The van der Waals surface area contributed by atoms with Crippen LogP contribution in [0.1, 0.15) is 39.2 Å². The minimum Gasteiger partial charge on any atom is -0.350 e. The summed E-state index contributed by atoms with van der Waals surface area (Å²) < 4.78 is 0. The fourth-order valence-corrected chi connectivity index (χ4v) is 2.21. The van der Waals surface area contributed by atoms with Crippen molar-refractivity contribution in [3.05, 3.63) is 35.9 Å². The molecule has 1 fully saturated rings. The van der Waals surface area contributed by atoms with Crippen molar-refractivity contribution in [2.75, 3.05) is 6.54 Å². The number of hydrogen-bond donors (Lipinski definition) is 1. The number of carbonyl (C=O) groups is 1. The lowest BCUT2D eigenvalue weighted by atomic mass is 10.1. The predicted molar refractivity (Wildman–Crippen MR) is 77.8 cm³/mol. The molecule has 1 aliphatic rings. The van der Waals surface area contributed by atoms with Crippen LogP contribution in [-0.4, -0.2) is 28.9 Å². The molecule has 1 saturated carbocycles. The zero-order valence-corrected chi connectivity index (χ0v) is 12.1. The van der Waals surface area contributed by atoms with Gasteiger partial charge in [0.15, 0.2) is 0 Å². The first-order chi connectivity index (χ1) is 8.94. The molecule has 3 nitrogen and oxygen atoms in total. The summed E-state index contributed by atoms with van der Waals surface area (Å²) in [6, 6.07) is 11.0. The monoisotopic (exact) mass is 260 g/mol. The fraction of sp³-hybridized carbons (Fsp3) is 0.562. The van der Waals surface area contributed by atoms with Crippen molar-refractivity contribution in [2.24, 2.45) is 0 Å². The molecule has 104 valence electrons. The predicted octanol–water partition coefficient (Wildman–Crippen LogP) is 2.57. The third kappa shape index (κ3) is 5.03. The highest BCUT2D eigenvalue weighted by atomic mass is 16.2. The van der Waals surface area contributed by atoms with Gasteiger partial charge in [-0.25, -0.2) is 0 Å². The van der Waals surface area contributed by atoms with Gasteiger partial charge in [0.1, 0.15) is 0 Å². The van der Waals surface area contributed by atoms with E-state index < -0.39 is 0 Å². The lowest BCUT2D eigenvalue weighted by Gasteiger charge is -2.25. The standard InChI is InChI=1S/C16H24N2O/c1-16(2,3)17-15(19)12-18(14-9-10-14)11-13-7-5-4-6-8-13/h4-8,14H,9-12H2,1-3H3,(H,17,19). The van der Waals surface area contributed by atoms with Gasteiger partial charge in [0.05, 0.1) is 6.54 Å². The molecular weight excluding hydrogens is 236 g/mol. The van der Waals surface area contributed by atoms with E-state index in [1.807, 2.05) is 26.8 Å². The van der Waals surface area contributed by atoms with Crippen LogP contribution in [0.5, 0.6) is 0 Å². The quantitative estimate of drug-likeness (QED) is 0.882. The Morgan fingerprint density at radius 1 is 1.26 bits per heavy atom. The van der Waals surface area contributed by atoms with Gasteiger partial charge in [-0.05, 0) is 39.2 Å². The lowest BCUT2D eigenvalue weighted by molar-refractivity contribution is -0.123. The Morgan fingerprint density at radius 3 is 2.42 bits per heavy atom. The Kier molecular flexibility index (Phi) is 4.25. The molecule has 1 aromatic rings. The highest BCUT2D eigenvalue weighted by Gasteiger charge is 2.30. The van der Waals surface area contributed by atoms with E-state index in [0.717, 1.165) is 6.54 Å². The maximum absolute atomic E-state index is 12.0. The van der Waals surface area contributed by atoms with Crippen molar-refractivity contribution in [1.82, 2.24) is 10.2 Å². The van der Waals surface area contributed by atoms with Gasteiger partial charge in [0.2, 0.25) is 5.91 Å². The van der Waals surface area contributed by atoms with E-state index >= 15 is 0 Å². The van der Waals surface area contributed by atoms with Crippen LogP contribution < -0.4 is 5.32 Å². The lowest BCUT2D eigenvalue weighted by Crippen LogP contribution is -2.46. The molecule has 1 N–H and O–H groups in total. The summed E-state index contributed by atoms with van der Waals surface area (Å²) >= 11 is 0. The topological polar surface area (TPSA) is 32.3 Å². The van der Waals surface area contributed by atoms with Gasteiger partial charge >= 0.3 is 0 Å². The Bertz CT molecular complexity index is 418. The van der Waals surface area contributed by atoms with E-state index in [0.29, 0.717) is 12.6 Å². The van der Waals surface area contributed by atoms with Gasteiger partial charge in [-0.3, -0.25) is 9.69 Å². The maximum Gasteiger partial charge on any atom is 0.234 e. The average Bonchev–Trinajstić information content (AvgIpc) is 3.10. The van der Waals surface area contributed by atoms with E-state index in [4.69, 9.17) is 0 Å². The van der Waals surface area contributed by atoms with Crippen LogP contribution in [-0.2, 0) is 11.3 Å². The first-order valence-electron chi connectivity index (χ1n) is 7.03. The van der Waals surface area contributed by atoms with Crippen molar-refractivity contribution >= 4 is 5.91 Å². The Hall–Kier alpha value is -1.35. The number of benzene rings is 1. The molecule has 1 aliphatic carbocycles. The molecule has 3 heteroatoms. The number of amides is 1. The second-order valence-corrected chi connectivity index (χ2v) is 6.42. The molecule has 0 spiro atoms. The third-order valence-corrected chi connectivity index (χ3v) is 3.15. The van der Waals surface area contributed by atoms with Crippen LogP contribution in [0.15, 0.2) is 30.3 Å². The van der Waals surface area contributed by atoms with Crippen LogP contribution in [0.3, 0.4) is 0 Å². The fourth-order valence-electron chi connectivity index (χ4n) is 2.21. The molecule has 1 aromatic carbocycles. The summed E-state index contributed by atoms with van der Waals surface area (Å²) in [6.07, 6.45) is 2.44. The Labute approximate surface area is 116 Å². The van der Waals surface area contributed by atoms with Gasteiger partial charge < -0.3 is 5.32 Å².